The van der Waals surface area contributed by atoms with Crippen LogP contribution in [-0.2, 0) is 4.74 Å². The van der Waals surface area contributed by atoms with Gasteiger partial charge in [0.2, 0.25) is 0 Å². The predicted octanol–water partition coefficient (Wildman–Crippen LogP) is 2.51. The Morgan fingerprint density at radius 3 is 2.74 bits per heavy atom. The summed E-state index contributed by atoms with van der Waals surface area (Å²) in [6, 6.07) is 2.88. The number of methoxy groups -OCH3 is 1. The third kappa shape index (κ3) is 3.17. The summed E-state index contributed by atoms with van der Waals surface area (Å²) >= 11 is 0. The van der Waals surface area contributed by atoms with E-state index in [1.807, 2.05) is 0 Å². The van der Waals surface area contributed by atoms with Crippen LogP contribution in [0.5, 0.6) is 17.2 Å². The van der Waals surface area contributed by atoms with Gasteiger partial charge in [0.25, 0.3) is 0 Å². The molecule has 0 amide bonds. The van der Waals surface area contributed by atoms with Crippen LogP contribution >= 0.6 is 0 Å². The van der Waals surface area contributed by atoms with Crippen LogP contribution in [0.2, 0.25) is 0 Å². The van der Waals surface area contributed by atoms with Crippen LogP contribution in [0, 0.1) is 0 Å². The monoisotopic (exact) mass is 266 g/mol. The first-order valence-electron chi connectivity index (χ1n) is 6.32. The molecule has 1 N–H and O–H groups in total. The van der Waals surface area contributed by atoms with Crippen molar-refractivity contribution in [3.63, 3.8) is 0 Å². The Kier molecular flexibility index (Phi) is 4.27. The molecule has 0 bridgehead atoms. The van der Waals surface area contributed by atoms with Gasteiger partial charge < -0.3 is 19.3 Å². The number of phenols is 1. The molecule has 0 aromatic heterocycles. The highest BCUT2D eigenvalue weighted by Gasteiger charge is 2.20. The summed E-state index contributed by atoms with van der Waals surface area (Å²) in [5, 5.41) is 9.74. The second kappa shape index (κ2) is 5.93. The third-order valence-electron chi connectivity index (χ3n) is 3.06. The Balaban J connectivity index is 2.26. The van der Waals surface area contributed by atoms with Gasteiger partial charge in [-0.1, -0.05) is 0 Å². The van der Waals surface area contributed by atoms with E-state index in [0.717, 1.165) is 19.3 Å². The minimum absolute atomic E-state index is 0.110. The fourth-order valence-electron chi connectivity index (χ4n) is 2.03. The van der Waals surface area contributed by atoms with E-state index >= 15 is 0 Å². The first kappa shape index (κ1) is 13.7. The smallest absolute Gasteiger partial charge is 0.200 e. The highest BCUT2D eigenvalue weighted by atomic mass is 16.7. The second-order valence-corrected chi connectivity index (χ2v) is 4.49. The quantitative estimate of drug-likeness (QED) is 0.848. The van der Waals surface area contributed by atoms with Crippen LogP contribution in [0.25, 0.3) is 0 Å². The molecule has 5 heteroatoms. The molecule has 0 spiro atoms. The topological polar surface area (TPSA) is 65.0 Å². The minimum Gasteiger partial charge on any atom is -0.507 e. The van der Waals surface area contributed by atoms with E-state index in [2.05, 4.69) is 0 Å². The number of benzene rings is 1. The van der Waals surface area contributed by atoms with Crippen LogP contribution < -0.4 is 9.47 Å². The molecular formula is C14H18O5. The number of aromatic hydroxyl groups is 1. The second-order valence-electron chi connectivity index (χ2n) is 4.49. The van der Waals surface area contributed by atoms with Gasteiger partial charge in [-0.05, 0) is 25.8 Å². The van der Waals surface area contributed by atoms with Gasteiger partial charge in [0.05, 0.1) is 19.3 Å². The normalized spacial score (nSPS) is 18.9. The highest BCUT2D eigenvalue weighted by Crippen LogP contribution is 2.35. The summed E-state index contributed by atoms with van der Waals surface area (Å²) < 4.78 is 16.3. The van der Waals surface area contributed by atoms with Gasteiger partial charge in [-0.3, -0.25) is 4.79 Å². The fourth-order valence-corrected chi connectivity index (χ4v) is 2.03. The van der Waals surface area contributed by atoms with Gasteiger partial charge >= 0.3 is 0 Å². The van der Waals surface area contributed by atoms with Crippen molar-refractivity contribution in [1.82, 2.24) is 0 Å². The molecule has 0 aliphatic carbocycles. The minimum atomic E-state index is -0.327. The lowest BCUT2D eigenvalue weighted by Crippen LogP contribution is -2.25. The summed E-state index contributed by atoms with van der Waals surface area (Å²) in [6.45, 7) is 2.06. The Morgan fingerprint density at radius 1 is 1.37 bits per heavy atom. The number of carbonyl (C=O) groups excluding carboxylic acids is 1. The maximum absolute atomic E-state index is 11.4. The van der Waals surface area contributed by atoms with Crippen molar-refractivity contribution in [3.8, 4) is 17.2 Å². The van der Waals surface area contributed by atoms with Gasteiger partial charge in [0.15, 0.2) is 23.6 Å². The third-order valence-corrected chi connectivity index (χ3v) is 3.06. The maximum atomic E-state index is 11.4. The zero-order chi connectivity index (χ0) is 13.8. The summed E-state index contributed by atoms with van der Waals surface area (Å²) in [4.78, 5) is 11.4. The molecule has 19 heavy (non-hydrogen) atoms. The lowest BCUT2D eigenvalue weighted by molar-refractivity contribution is -0.106. The molecular weight excluding hydrogens is 248 g/mol. The average Bonchev–Trinajstić information content (AvgIpc) is 2.41. The number of phenolic OH excluding ortho intramolecular Hbond substituents is 1. The Morgan fingerprint density at radius 2 is 2.16 bits per heavy atom. The number of ketones is 1. The van der Waals surface area contributed by atoms with Gasteiger partial charge in [0.1, 0.15) is 5.75 Å². The summed E-state index contributed by atoms with van der Waals surface area (Å²) in [5.41, 5.74) is 0.214. The lowest BCUT2D eigenvalue weighted by Gasteiger charge is -2.24. The van der Waals surface area contributed by atoms with Gasteiger partial charge in [-0.15, -0.1) is 0 Å². The number of ether oxygens (including phenoxy) is 3. The molecule has 0 radical (unpaired) electrons. The Hall–Kier alpha value is -1.75. The first-order valence-corrected chi connectivity index (χ1v) is 6.32. The van der Waals surface area contributed by atoms with Crippen LogP contribution in [-0.4, -0.2) is 30.9 Å². The van der Waals surface area contributed by atoms with Crippen molar-refractivity contribution >= 4 is 5.78 Å². The number of rotatable bonds is 4. The summed E-state index contributed by atoms with van der Waals surface area (Å²) in [5.74, 6) is 0.463. The van der Waals surface area contributed by atoms with Crippen molar-refractivity contribution in [2.75, 3.05) is 13.7 Å². The molecule has 1 heterocycles. The molecule has 1 aromatic carbocycles. The number of hydrogen-bond donors (Lipinski definition) is 1. The van der Waals surface area contributed by atoms with Crippen molar-refractivity contribution in [1.29, 1.82) is 0 Å². The lowest BCUT2D eigenvalue weighted by atomic mass is 10.1. The molecule has 1 unspecified atom stereocenters. The first-order chi connectivity index (χ1) is 9.11. The van der Waals surface area contributed by atoms with E-state index in [4.69, 9.17) is 14.2 Å². The van der Waals surface area contributed by atoms with Gasteiger partial charge in [-0.2, -0.15) is 0 Å². The zero-order valence-electron chi connectivity index (χ0n) is 11.1. The van der Waals surface area contributed by atoms with E-state index in [1.54, 1.807) is 0 Å². The van der Waals surface area contributed by atoms with Crippen LogP contribution in [0.3, 0.4) is 0 Å². The number of carbonyl (C=O) groups is 1. The van der Waals surface area contributed by atoms with E-state index < -0.39 is 0 Å². The van der Waals surface area contributed by atoms with Crippen molar-refractivity contribution in [2.45, 2.75) is 32.5 Å². The van der Waals surface area contributed by atoms with Crippen LogP contribution in [0.4, 0.5) is 0 Å². The largest absolute Gasteiger partial charge is 0.507 e. The molecule has 5 nitrogen and oxygen atoms in total. The van der Waals surface area contributed by atoms with Crippen LogP contribution in [0.1, 0.15) is 36.5 Å². The molecule has 1 saturated heterocycles. The maximum Gasteiger partial charge on any atom is 0.200 e. The standard InChI is InChI=1S/C14H18O5/c1-9(15)10-7-13(12(17-2)8-11(10)16)19-14-5-3-4-6-18-14/h7-8,14,16H,3-6H2,1-2H3. The van der Waals surface area contributed by atoms with Crippen molar-refractivity contribution in [3.05, 3.63) is 17.7 Å². The van der Waals surface area contributed by atoms with Crippen molar-refractivity contribution in [2.24, 2.45) is 0 Å². The van der Waals surface area contributed by atoms with E-state index in [0.29, 0.717) is 18.1 Å². The average molecular weight is 266 g/mol. The van der Waals surface area contributed by atoms with Crippen LogP contribution in [0.15, 0.2) is 12.1 Å². The number of hydrogen-bond acceptors (Lipinski definition) is 5. The summed E-state index contributed by atoms with van der Waals surface area (Å²) in [6.07, 6.45) is 2.56. The molecule has 104 valence electrons. The Labute approximate surface area is 112 Å². The SMILES string of the molecule is COc1cc(O)c(C(C)=O)cc1OC1CCCCO1. The summed E-state index contributed by atoms with van der Waals surface area (Å²) in [7, 11) is 1.48. The molecule has 1 aliphatic heterocycles. The number of Topliss-reactive ketones (excluding diaryl/α,β-unsaturated/α-hetero) is 1. The van der Waals surface area contributed by atoms with Gasteiger partial charge in [0, 0.05) is 12.5 Å². The van der Waals surface area contributed by atoms with E-state index in [1.165, 1.54) is 26.2 Å². The fraction of sp³-hybridized carbons (Fsp3) is 0.500. The highest BCUT2D eigenvalue weighted by molar-refractivity contribution is 5.97. The Bertz CT molecular complexity index is 463. The molecule has 2 rings (SSSR count). The predicted molar refractivity (Wildman–Crippen MR) is 68.9 cm³/mol. The van der Waals surface area contributed by atoms with Gasteiger partial charge in [-0.25, -0.2) is 0 Å². The molecule has 1 aliphatic rings. The molecule has 0 saturated carbocycles. The molecule has 1 atom stereocenters. The molecule has 1 aromatic rings. The van der Waals surface area contributed by atoms with Crippen molar-refractivity contribution < 1.29 is 24.1 Å². The van der Waals surface area contributed by atoms with E-state index in [9.17, 15) is 9.90 Å². The van der Waals surface area contributed by atoms with E-state index in [-0.39, 0.29) is 23.4 Å². The molecule has 1 fully saturated rings. The zero-order valence-corrected chi connectivity index (χ0v) is 11.1.